The molecule has 2 heterocycles. The number of nitrogens with zero attached hydrogens (tertiary/aromatic N) is 3. The number of furan rings is 1. The predicted molar refractivity (Wildman–Crippen MR) is 140 cm³/mol. The molecule has 1 N–H and O–H groups in total. The van der Waals surface area contributed by atoms with Gasteiger partial charge in [-0.25, -0.2) is 0 Å². The first-order valence-electron chi connectivity index (χ1n) is 12.5. The largest absolute Gasteiger partial charge is 0.468 e. The fourth-order valence-electron chi connectivity index (χ4n) is 4.29. The van der Waals surface area contributed by atoms with Gasteiger partial charge in [-0.1, -0.05) is 65.8 Å². The summed E-state index contributed by atoms with van der Waals surface area (Å²) in [6.45, 7) is 8.01. The van der Waals surface area contributed by atoms with Crippen molar-refractivity contribution in [1.29, 1.82) is 0 Å². The van der Waals surface area contributed by atoms with E-state index in [1.54, 1.807) is 6.26 Å². The van der Waals surface area contributed by atoms with E-state index < -0.39 is 6.10 Å². The Balaban J connectivity index is 1.53. The molecular formula is C29H35N3O4. The number of hydrogen-bond donors (Lipinski definition) is 1. The zero-order valence-electron chi connectivity index (χ0n) is 21.0. The zero-order valence-corrected chi connectivity index (χ0v) is 21.0. The average molecular weight is 490 g/mol. The summed E-state index contributed by atoms with van der Waals surface area (Å²) >= 11 is 0. The zero-order chi connectivity index (χ0) is 25.2. The van der Waals surface area contributed by atoms with Crippen molar-refractivity contribution in [3.05, 3.63) is 95.9 Å². The molecule has 0 aliphatic carbocycles. The summed E-state index contributed by atoms with van der Waals surface area (Å²) in [4.78, 5) is 4.32. The number of anilines is 1. The molecule has 0 fully saturated rings. The minimum Gasteiger partial charge on any atom is -0.468 e. The molecule has 4 rings (SSSR count). The Bertz CT molecular complexity index is 1140. The minimum absolute atomic E-state index is 0.238. The molecule has 0 spiro atoms. The van der Waals surface area contributed by atoms with Crippen LogP contribution in [0.1, 0.15) is 30.7 Å². The van der Waals surface area contributed by atoms with Crippen molar-refractivity contribution in [3.8, 4) is 11.3 Å². The van der Waals surface area contributed by atoms with Crippen LogP contribution in [-0.4, -0.2) is 47.5 Å². The Morgan fingerprint density at radius 1 is 0.917 bits per heavy atom. The minimum atomic E-state index is -0.666. The standard InChI is InChI=1S/C29H35N3O4/c1-3-32(4-2)29-27(28(30-36-29)24-14-9-6-10-15-24)20-31(19-26-16-11-17-35-26)18-25(33)22-34-21-23-12-7-5-8-13-23/h5-17,25,33H,3-4,18-22H2,1-2H3/t25-/m1/s1. The maximum atomic E-state index is 10.9. The highest BCUT2D eigenvalue weighted by Gasteiger charge is 2.25. The lowest BCUT2D eigenvalue weighted by Crippen LogP contribution is -2.35. The normalized spacial score (nSPS) is 12.2. The second-order valence-electron chi connectivity index (χ2n) is 8.76. The molecule has 7 heteroatoms. The fourth-order valence-corrected chi connectivity index (χ4v) is 4.29. The number of benzene rings is 2. The van der Waals surface area contributed by atoms with E-state index in [1.807, 2.05) is 72.8 Å². The van der Waals surface area contributed by atoms with Crippen molar-refractivity contribution in [1.82, 2.24) is 10.1 Å². The topological polar surface area (TPSA) is 75.1 Å². The van der Waals surface area contributed by atoms with Crippen LogP contribution in [0.5, 0.6) is 0 Å². The first-order valence-corrected chi connectivity index (χ1v) is 12.5. The van der Waals surface area contributed by atoms with Crippen molar-refractivity contribution in [2.45, 2.75) is 39.6 Å². The monoisotopic (exact) mass is 489 g/mol. The molecule has 0 saturated heterocycles. The van der Waals surface area contributed by atoms with Crippen molar-refractivity contribution in [3.63, 3.8) is 0 Å². The van der Waals surface area contributed by atoms with Gasteiger partial charge in [0.1, 0.15) is 11.5 Å². The van der Waals surface area contributed by atoms with Crippen LogP contribution < -0.4 is 4.90 Å². The van der Waals surface area contributed by atoms with Crippen LogP contribution in [0, 0.1) is 0 Å². The Morgan fingerprint density at radius 2 is 1.64 bits per heavy atom. The number of aliphatic hydroxyl groups excluding tert-OH is 1. The third-order valence-corrected chi connectivity index (χ3v) is 6.10. The molecule has 0 bridgehead atoms. The molecule has 190 valence electrons. The van der Waals surface area contributed by atoms with Gasteiger partial charge < -0.3 is 23.7 Å². The third-order valence-electron chi connectivity index (χ3n) is 6.10. The first-order chi connectivity index (χ1) is 17.7. The molecule has 0 radical (unpaired) electrons. The van der Waals surface area contributed by atoms with Crippen LogP contribution in [0.4, 0.5) is 5.88 Å². The van der Waals surface area contributed by atoms with Gasteiger partial charge in [0.25, 0.3) is 0 Å². The molecule has 36 heavy (non-hydrogen) atoms. The summed E-state index contributed by atoms with van der Waals surface area (Å²) in [6.07, 6.45) is 1.00. The van der Waals surface area contributed by atoms with Gasteiger partial charge in [-0.3, -0.25) is 4.90 Å². The molecule has 0 saturated carbocycles. The number of aromatic nitrogens is 1. The van der Waals surface area contributed by atoms with Gasteiger partial charge in [0.15, 0.2) is 0 Å². The van der Waals surface area contributed by atoms with Crippen LogP contribution in [0.2, 0.25) is 0 Å². The van der Waals surface area contributed by atoms with Gasteiger partial charge in [-0.2, -0.15) is 0 Å². The predicted octanol–water partition coefficient (Wildman–Crippen LogP) is 5.36. The maximum absolute atomic E-state index is 10.9. The summed E-state index contributed by atoms with van der Waals surface area (Å²) in [7, 11) is 0. The molecular weight excluding hydrogens is 454 g/mol. The number of ether oxygens (including phenoxy) is 1. The van der Waals surface area contributed by atoms with E-state index in [1.165, 1.54) is 0 Å². The lowest BCUT2D eigenvalue weighted by Gasteiger charge is -2.26. The van der Waals surface area contributed by atoms with Gasteiger partial charge in [-0.05, 0) is 31.5 Å². The fraction of sp³-hybridized carbons (Fsp3) is 0.345. The van der Waals surface area contributed by atoms with E-state index >= 15 is 0 Å². The molecule has 7 nitrogen and oxygen atoms in total. The summed E-state index contributed by atoms with van der Waals surface area (Å²) < 4.78 is 17.3. The van der Waals surface area contributed by atoms with Crippen molar-refractivity contribution in [2.24, 2.45) is 0 Å². The molecule has 4 aromatic rings. The van der Waals surface area contributed by atoms with E-state index in [0.717, 1.165) is 47.1 Å². The Hall–Kier alpha value is -3.39. The van der Waals surface area contributed by atoms with Crippen molar-refractivity contribution in [2.75, 3.05) is 31.1 Å². The summed E-state index contributed by atoms with van der Waals surface area (Å²) in [5.41, 5.74) is 3.89. The quantitative estimate of drug-likeness (QED) is 0.256. The van der Waals surface area contributed by atoms with Gasteiger partial charge in [0.2, 0.25) is 5.88 Å². The average Bonchev–Trinajstić information content (AvgIpc) is 3.56. The van der Waals surface area contributed by atoms with Crippen molar-refractivity contribution >= 4 is 5.88 Å². The Labute approximate surface area is 212 Å². The summed E-state index contributed by atoms with van der Waals surface area (Å²) in [6, 6.07) is 23.9. The second kappa shape index (κ2) is 13.1. The molecule has 0 aliphatic heterocycles. The highest BCUT2D eigenvalue weighted by atomic mass is 16.5. The number of aliphatic hydroxyl groups is 1. The highest BCUT2D eigenvalue weighted by molar-refractivity contribution is 5.68. The van der Waals surface area contributed by atoms with Crippen LogP contribution >= 0.6 is 0 Å². The van der Waals surface area contributed by atoms with Gasteiger partial charge in [0, 0.05) is 31.7 Å². The van der Waals surface area contributed by atoms with Crippen LogP contribution in [0.3, 0.4) is 0 Å². The van der Waals surface area contributed by atoms with Crippen LogP contribution in [0.15, 0.2) is 88.0 Å². The van der Waals surface area contributed by atoms with Crippen molar-refractivity contribution < 1.29 is 18.8 Å². The Kier molecular flexibility index (Phi) is 9.33. The molecule has 0 unspecified atom stereocenters. The van der Waals surface area contributed by atoms with Gasteiger partial charge >= 0.3 is 0 Å². The van der Waals surface area contributed by atoms with E-state index in [-0.39, 0.29) is 6.61 Å². The number of rotatable bonds is 14. The highest BCUT2D eigenvalue weighted by Crippen LogP contribution is 2.33. The van der Waals surface area contributed by atoms with Crippen LogP contribution in [0.25, 0.3) is 11.3 Å². The van der Waals surface area contributed by atoms with Crippen LogP contribution in [-0.2, 0) is 24.4 Å². The van der Waals surface area contributed by atoms with E-state index in [0.29, 0.717) is 26.2 Å². The number of hydrogen-bond acceptors (Lipinski definition) is 7. The lowest BCUT2D eigenvalue weighted by molar-refractivity contribution is 0.00615. The molecule has 2 aromatic carbocycles. The molecule has 2 aromatic heterocycles. The third kappa shape index (κ3) is 6.85. The van der Waals surface area contributed by atoms with E-state index in [4.69, 9.17) is 13.7 Å². The molecule has 1 atom stereocenters. The summed E-state index contributed by atoms with van der Waals surface area (Å²) in [5.74, 6) is 1.59. The summed E-state index contributed by atoms with van der Waals surface area (Å²) in [5, 5.41) is 15.3. The Morgan fingerprint density at radius 3 is 2.31 bits per heavy atom. The maximum Gasteiger partial charge on any atom is 0.232 e. The lowest BCUT2D eigenvalue weighted by atomic mass is 10.1. The molecule has 0 aliphatic rings. The smallest absolute Gasteiger partial charge is 0.232 e. The first kappa shape index (κ1) is 25.7. The molecule has 0 amide bonds. The van der Waals surface area contributed by atoms with Gasteiger partial charge in [0.05, 0.1) is 37.7 Å². The van der Waals surface area contributed by atoms with E-state index in [9.17, 15) is 5.11 Å². The van der Waals surface area contributed by atoms with Gasteiger partial charge in [-0.15, -0.1) is 0 Å². The van der Waals surface area contributed by atoms with E-state index in [2.05, 4.69) is 28.8 Å². The second-order valence-corrected chi connectivity index (χ2v) is 8.76. The SMILES string of the molecule is CCN(CC)c1onc(-c2ccccc2)c1CN(Cc1ccco1)C[C@@H](O)COCc1ccccc1.